The first-order valence-corrected chi connectivity index (χ1v) is 10.8. The third-order valence-corrected chi connectivity index (χ3v) is 5.48. The van der Waals surface area contributed by atoms with Gasteiger partial charge in [0, 0.05) is 31.3 Å². The Hall–Kier alpha value is -3.46. The molecule has 0 aliphatic rings. The van der Waals surface area contributed by atoms with Gasteiger partial charge in [0.05, 0.1) is 12.3 Å². The Morgan fingerprint density at radius 3 is 2.34 bits per heavy atom. The Bertz CT molecular complexity index is 1280. The summed E-state index contributed by atoms with van der Waals surface area (Å²) in [5, 5.41) is 22.0. The largest absolute Gasteiger partial charge is 1.00 e. The second-order valence-corrected chi connectivity index (χ2v) is 8.00. The Balaban J connectivity index is 0.00000342. The maximum Gasteiger partial charge on any atom is 1.00 e. The number of carboxylic acid groups (broad SMARTS) is 2. The molecule has 8 nitrogen and oxygen atoms in total. The van der Waals surface area contributed by atoms with Crippen molar-refractivity contribution in [2.75, 3.05) is 0 Å². The van der Waals surface area contributed by atoms with E-state index in [1.54, 1.807) is 12.5 Å². The summed E-state index contributed by atoms with van der Waals surface area (Å²) in [7, 11) is 0. The number of benzene rings is 2. The molecule has 4 rings (SSSR count). The van der Waals surface area contributed by atoms with Gasteiger partial charge in [-0.3, -0.25) is 0 Å². The Labute approximate surface area is 225 Å². The van der Waals surface area contributed by atoms with Gasteiger partial charge in [0.25, 0.3) is 0 Å². The predicted molar refractivity (Wildman–Crippen MR) is 120 cm³/mol. The minimum Gasteiger partial charge on any atom is -0.550 e. The molecule has 9 heteroatoms. The molecule has 35 heavy (non-hydrogen) atoms. The third kappa shape index (κ3) is 7.51. The van der Waals surface area contributed by atoms with E-state index in [0.29, 0.717) is 13.1 Å². The molecular formula is C26H23N4NaO4. The number of aliphatic carboxylic acids is 2. The van der Waals surface area contributed by atoms with Crippen molar-refractivity contribution >= 4 is 18.0 Å². The van der Waals surface area contributed by atoms with Crippen molar-refractivity contribution in [2.45, 2.75) is 25.6 Å². The van der Waals surface area contributed by atoms with Crippen LogP contribution < -0.4 is 44.3 Å². The summed E-state index contributed by atoms with van der Waals surface area (Å²) in [5.74, 6) is -2.35. The van der Waals surface area contributed by atoms with E-state index in [1.807, 2.05) is 87.2 Å². The smallest absolute Gasteiger partial charge is 0.550 e. The summed E-state index contributed by atoms with van der Waals surface area (Å²) < 4.78 is 5.80. The maximum atomic E-state index is 11.5. The van der Waals surface area contributed by atoms with Crippen LogP contribution >= 0.6 is 0 Å². The molecule has 2 aromatic heterocycles. The molecule has 0 aliphatic heterocycles. The van der Waals surface area contributed by atoms with Crippen LogP contribution in [0, 0.1) is 0 Å². The number of hydrogen-bond acceptors (Lipinski definition) is 5. The Kier molecular flexibility index (Phi) is 9.19. The van der Waals surface area contributed by atoms with Gasteiger partial charge < -0.3 is 24.4 Å². The summed E-state index contributed by atoms with van der Waals surface area (Å²) in [6, 6.07) is 15.0. The average molecular weight is 478 g/mol. The average Bonchev–Trinajstić information content (AvgIpc) is 3.50. The number of nitrogens with zero attached hydrogens (tertiary/aromatic N) is 4. The number of carboxylic acids is 2. The number of aromatic nitrogens is 4. The van der Waals surface area contributed by atoms with Gasteiger partial charge in [0.15, 0.2) is 0 Å². The van der Waals surface area contributed by atoms with Gasteiger partial charge >= 0.3 is 29.6 Å². The van der Waals surface area contributed by atoms with E-state index in [-0.39, 0.29) is 36.0 Å². The van der Waals surface area contributed by atoms with Crippen LogP contribution in [0.5, 0.6) is 0 Å². The van der Waals surface area contributed by atoms with Crippen molar-refractivity contribution in [1.82, 2.24) is 14.1 Å². The SMILES string of the molecule is O=C([O-])/C=C/c1ccc(C[n+]2ccn(C(CC(=O)[O-])c3ccc(Cn4ccnc4)cc3)c2)cc1.[Na+]. The molecule has 0 amide bonds. The fraction of sp³-hybridized carbons (Fsp3) is 0.154. The molecular weight excluding hydrogens is 455 g/mol. The quantitative estimate of drug-likeness (QED) is 0.143. The topological polar surface area (TPSA) is 107 Å². The molecule has 0 fully saturated rings. The zero-order chi connectivity index (χ0) is 23.9. The summed E-state index contributed by atoms with van der Waals surface area (Å²) >= 11 is 0. The monoisotopic (exact) mass is 478 g/mol. The van der Waals surface area contributed by atoms with E-state index in [9.17, 15) is 19.8 Å². The van der Waals surface area contributed by atoms with Crippen LogP contribution in [0.2, 0.25) is 0 Å². The number of imidazole rings is 2. The number of rotatable bonds is 10. The maximum absolute atomic E-state index is 11.5. The zero-order valence-corrected chi connectivity index (χ0v) is 21.4. The van der Waals surface area contributed by atoms with E-state index in [1.165, 1.54) is 6.08 Å². The summed E-state index contributed by atoms with van der Waals surface area (Å²) in [4.78, 5) is 26.1. The normalized spacial score (nSPS) is 11.8. The molecule has 1 unspecified atom stereocenters. The molecule has 4 aromatic rings. The molecule has 0 saturated carbocycles. The predicted octanol–water partition coefficient (Wildman–Crippen LogP) is -2.43. The van der Waals surface area contributed by atoms with Crippen LogP contribution in [0.15, 0.2) is 92.0 Å². The van der Waals surface area contributed by atoms with E-state index in [0.717, 1.165) is 28.3 Å². The van der Waals surface area contributed by atoms with Gasteiger partial charge in [-0.05, 0) is 28.3 Å². The number of carbonyl (C=O) groups is 2. The fourth-order valence-electron chi connectivity index (χ4n) is 3.79. The van der Waals surface area contributed by atoms with Gasteiger partial charge in [-0.25, -0.2) is 14.1 Å². The van der Waals surface area contributed by atoms with Crippen molar-refractivity contribution < 1.29 is 53.9 Å². The number of hydrogen-bond donors (Lipinski definition) is 0. The van der Waals surface area contributed by atoms with Gasteiger partial charge in [-0.15, -0.1) is 0 Å². The van der Waals surface area contributed by atoms with E-state index in [4.69, 9.17) is 0 Å². The molecule has 172 valence electrons. The summed E-state index contributed by atoms with van der Waals surface area (Å²) in [5.41, 5.74) is 3.76. The molecule has 1 atom stereocenters. The van der Waals surface area contributed by atoms with Crippen LogP contribution in [0.4, 0.5) is 0 Å². The Morgan fingerprint density at radius 1 is 1.00 bits per heavy atom. The molecule has 0 N–H and O–H groups in total. The van der Waals surface area contributed by atoms with E-state index >= 15 is 0 Å². The van der Waals surface area contributed by atoms with Crippen LogP contribution in [0.25, 0.3) is 6.08 Å². The van der Waals surface area contributed by atoms with Crippen LogP contribution in [0.1, 0.15) is 34.7 Å². The van der Waals surface area contributed by atoms with Gasteiger partial charge in [-0.2, -0.15) is 0 Å². The summed E-state index contributed by atoms with van der Waals surface area (Å²) in [6.45, 7) is 1.27. The standard InChI is InChI=1S/C26H24N4O4.Na/c31-25(32)10-7-20-1-3-21(4-2-20)17-29-13-14-30(19-29)24(15-26(33)34)23-8-5-22(6-9-23)16-28-12-11-27-18-28;/h1-14,18-19,24H,15-17H2,(H-,31,32,33,34);/q;+1/p-1/b10-7+;. The first-order chi connectivity index (χ1) is 16.5. The van der Waals surface area contributed by atoms with Gasteiger partial charge in [0.1, 0.15) is 25.0 Å². The Morgan fingerprint density at radius 2 is 1.71 bits per heavy atom. The summed E-state index contributed by atoms with van der Waals surface area (Å²) in [6.07, 6.45) is 13.3. The van der Waals surface area contributed by atoms with Crippen molar-refractivity contribution in [3.63, 3.8) is 0 Å². The molecule has 0 aliphatic carbocycles. The van der Waals surface area contributed by atoms with Crippen molar-refractivity contribution in [1.29, 1.82) is 0 Å². The number of carbonyl (C=O) groups excluding carboxylic acids is 2. The molecule has 0 spiro atoms. The van der Waals surface area contributed by atoms with E-state index < -0.39 is 18.0 Å². The molecule has 0 bridgehead atoms. The molecule has 2 heterocycles. The van der Waals surface area contributed by atoms with Crippen molar-refractivity contribution in [3.05, 3.63) is 114 Å². The minimum absolute atomic E-state index is 0. The second kappa shape index (κ2) is 12.3. The van der Waals surface area contributed by atoms with Gasteiger partial charge in [-0.1, -0.05) is 54.6 Å². The van der Waals surface area contributed by atoms with E-state index in [2.05, 4.69) is 4.98 Å². The third-order valence-electron chi connectivity index (χ3n) is 5.48. The zero-order valence-electron chi connectivity index (χ0n) is 19.4. The fourth-order valence-corrected chi connectivity index (χ4v) is 3.79. The minimum atomic E-state index is -1.24. The molecule has 0 radical (unpaired) electrons. The molecule has 0 saturated heterocycles. The van der Waals surface area contributed by atoms with Crippen LogP contribution in [0.3, 0.4) is 0 Å². The second-order valence-electron chi connectivity index (χ2n) is 8.00. The van der Waals surface area contributed by atoms with Crippen LogP contribution in [-0.4, -0.2) is 26.1 Å². The van der Waals surface area contributed by atoms with Gasteiger partial charge in [0.2, 0.25) is 6.33 Å². The van der Waals surface area contributed by atoms with Crippen LogP contribution in [-0.2, 0) is 22.7 Å². The first kappa shape index (κ1) is 26.2. The first-order valence-electron chi connectivity index (χ1n) is 10.8. The molecule has 2 aromatic carbocycles. The van der Waals surface area contributed by atoms with Crippen molar-refractivity contribution in [2.24, 2.45) is 0 Å². The van der Waals surface area contributed by atoms with Crippen molar-refractivity contribution in [3.8, 4) is 0 Å².